The minimum Gasteiger partial charge on any atom is -0.385 e. The van der Waals surface area contributed by atoms with Gasteiger partial charge in [0.25, 0.3) is 0 Å². The van der Waals surface area contributed by atoms with E-state index in [-0.39, 0.29) is 0 Å². The molecular weight excluding hydrogens is 246 g/mol. The molecule has 2 aliphatic rings. The molecule has 3 rings (SSSR count). The average molecular weight is 273 g/mol. The monoisotopic (exact) mass is 273 g/mol. The summed E-state index contributed by atoms with van der Waals surface area (Å²) in [4.78, 5) is 5.00. The second-order valence-corrected chi connectivity index (χ2v) is 6.52. The normalized spacial score (nSPS) is 23.4. The van der Waals surface area contributed by atoms with Crippen molar-refractivity contribution in [2.24, 2.45) is 0 Å². The number of piperidine rings is 1. The van der Waals surface area contributed by atoms with E-state index in [0.717, 1.165) is 19.1 Å². The summed E-state index contributed by atoms with van der Waals surface area (Å²) in [6.07, 6.45) is 5.17. The van der Waals surface area contributed by atoms with Gasteiger partial charge in [-0.15, -0.1) is 0 Å². The molecule has 0 aliphatic carbocycles. The van der Waals surface area contributed by atoms with E-state index in [9.17, 15) is 0 Å². The zero-order valence-corrected chi connectivity index (χ0v) is 12.9. The molecule has 110 valence electrons. The van der Waals surface area contributed by atoms with Gasteiger partial charge in [-0.1, -0.05) is 12.1 Å². The molecule has 1 unspecified atom stereocenters. The van der Waals surface area contributed by atoms with Crippen molar-refractivity contribution in [3.63, 3.8) is 0 Å². The van der Waals surface area contributed by atoms with Crippen molar-refractivity contribution in [1.29, 1.82) is 0 Å². The van der Waals surface area contributed by atoms with E-state index in [4.69, 9.17) is 0 Å². The van der Waals surface area contributed by atoms with Gasteiger partial charge in [0.1, 0.15) is 0 Å². The van der Waals surface area contributed by atoms with Crippen LogP contribution in [0.4, 0.5) is 5.69 Å². The van der Waals surface area contributed by atoms with Gasteiger partial charge in [0.05, 0.1) is 0 Å². The van der Waals surface area contributed by atoms with E-state index in [1.807, 2.05) is 0 Å². The molecule has 1 saturated heterocycles. The van der Waals surface area contributed by atoms with Crippen molar-refractivity contribution < 1.29 is 0 Å². The Bertz CT molecular complexity index is 456. The third-order valence-corrected chi connectivity index (χ3v) is 4.73. The minimum absolute atomic E-state index is 0.725. The van der Waals surface area contributed by atoms with E-state index in [2.05, 4.69) is 47.4 Å². The zero-order valence-electron chi connectivity index (χ0n) is 12.9. The lowest BCUT2D eigenvalue weighted by Gasteiger charge is -2.36. The molecule has 3 nitrogen and oxygen atoms in total. The molecule has 1 fully saturated rings. The zero-order chi connectivity index (χ0) is 13.9. The van der Waals surface area contributed by atoms with Gasteiger partial charge >= 0.3 is 0 Å². The van der Waals surface area contributed by atoms with E-state index in [1.165, 1.54) is 55.6 Å². The van der Waals surface area contributed by atoms with Crippen LogP contribution in [0.5, 0.6) is 0 Å². The molecule has 0 aromatic heterocycles. The van der Waals surface area contributed by atoms with Crippen LogP contribution in [0.3, 0.4) is 0 Å². The molecule has 1 aromatic carbocycles. The van der Waals surface area contributed by atoms with Gasteiger partial charge in [0.15, 0.2) is 0 Å². The molecule has 1 atom stereocenters. The molecule has 0 spiro atoms. The van der Waals surface area contributed by atoms with Crippen LogP contribution in [-0.4, -0.2) is 49.6 Å². The average Bonchev–Trinajstić information content (AvgIpc) is 2.47. The SMILES string of the molecule is CN(C)C1CCCN(Cc2ccc3c(c2)CCCN3)C1. The van der Waals surface area contributed by atoms with E-state index >= 15 is 0 Å². The lowest BCUT2D eigenvalue weighted by atomic mass is 9.99. The Hall–Kier alpha value is -1.06. The van der Waals surface area contributed by atoms with E-state index in [0.29, 0.717) is 0 Å². The first kappa shape index (κ1) is 13.9. The summed E-state index contributed by atoms with van der Waals surface area (Å²) in [6.45, 7) is 4.70. The number of hydrogen-bond donors (Lipinski definition) is 1. The molecule has 0 radical (unpaired) electrons. The molecule has 1 aromatic rings. The van der Waals surface area contributed by atoms with Gasteiger partial charge in [-0.2, -0.15) is 0 Å². The highest BCUT2D eigenvalue weighted by molar-refractivity contribution is 5.54. The summed E-state index contributed by atoms with van der Waals surface area (Å²) < 4.78 is 0. The number of rotatable bonds is 3. The Kier molecular flexibility index (Phi) is 4.27. The second-order valence-electron chi connectivity index (χ2n) is 6.52. The number of fused-ring (bicyclic) bond motifs is 1. The van der Waals surface area contributed by atoms with Crippen LogP contribution in [0.2, 0.25) is 0 Å². The molecule has 20 heavy (non-hydrogen) atoms. The highest BCUT2D eigenvalue weighted by atomic mass is 15.2. The molecule has 3 heteroatoms. The summed E-state index contributed by atoms with van der Waals surface area (Å²) in [5.41, 5.74) is 4.34. The van der Waals surface area contributed by atoms with Gasteiger partial charge < -0.3 is 10.2 Å². The van der Waals surface area contributed by atoms with Crippen molar-refractivity contribution in [1.82, 2.24) is 9.80 Å². The first-order chi connectivity index (χ1) is 9.72. The number of aryl methyl sites for hydroxylation is 1. The molecule has 1 N–H and O–H groups in total. The number of hydrogen-bond acceptors (Lipinski definition) is 3. The number of nitrogens with one attached hydrogen (secondary N) is 1. The Balaban J connectivity index is 1.65. The van der Waals surface area contributed by atoms with Crippen molar-refractivity contribution in [3.8, 4) is 0 Å². The topological polar surface area (TPSA) is 18.5 Å². The van der Waals surface area contributed by atoms with E-state index in [1.54, 1.807) is 0 Å². The maximum absolute atomic E-state index is 3.50. The second kappa shape index (κ2) is 6.15. The number of anilines is 1. The highest BCUT2D eigenvalue weighted by Crippen LogP contribution is 2.24. The van der Waals surface area contributed by atoms with Crippen LogP contribution in [-0.2, 0) is 13.0 Å². The van der Waals surface area contributed by atoms with Crippen LogP contribution in [0.25, 0.3) is 0 Å². The first-order valence-corrected chi connectivity index (χ1v) is 7.97. The number of benzene rings is 1. The summed E-state index contributed by atoms with van der Waals surface area (Å²) in [6, 6.07) is 7.72. The number of likely N-dealkylation sites (tertiary alicyclic amines) is 1. The summed E-state index contributed by atoms with van der Waals surface area (Å²) in [5.74, 6) is 0. The Labute approximate surface area is 123 Å². The minimum atomic E-state index is 0.725. The quantitative estimate of drug-likeness (QED) is 0.913. The molecule has 0 saturated carbocycles. The van der Waals surface area contributed by atoms with Crippen LogP contribution >= 0.6 is 0 Å². The van der Waals surface area contributed by atoms with Crippen molar-refractivity contribution in [2.45, 2.75) is 38.3 Å². The maximum Gasteiger partial charge on any atom is 0.0372 e. The fourth-order valence-corrected chi connectivity index (χ4v) is 3.48. The lowest BCUT2D eigenvalue weighted by Crippen LogP contribution is -2.44. The molecule has 2 aliphatic heterocycles. The maximum atomic E-state index is 3.50. The largest absolute Gasteiger partial charge is 0.385 e. The molecular formula is C17H27N3. The summed E-state index contributed by atoms with van der Waals surface area (Å²) in [5, 5.41) is 3.50. The number of nitrogens with zero attached hydrogens (tertiary/aromatic N) is 2. The highest BCUT2D eigenvalue weighted by Gasteiger charge is 2.21. The molecule has 0 amide bonds. The van der Waals surface area contributed by atoms with Gasteiger partial charge in [-0.05, 0) is 63.5 Å². The fourth-order valence-electron chi connectivity index (χ4n) is 3.48. The van der Waals surface area contributed by atoms with Crippen LogP contribution in [0, 0.1) is 0 Å². The van der Waals surface area contributed by atoms with Crippen molar-refractivity contribution in [2.75, 3.05) is 39.0 Å². The Morgan fingerprint density at radius 1 is 1.30 bits per heavy atom. The van der Waals surface area contributed by atoms with Gasteiger partial charge in [-0.25, -0.2) is 0 Å². The smallest absolute Gasteiger partial charge is 0.0372 e. The van der Waals surface area contributed by atoms with Crippen molar-refractivity contribution in [3.05, 3.63) is 29.3 Å². The van der Waals surface area contributed by atoms with E-state index < -0.39 is 0 Å². The van der Waals surface area contributed by atoms with Gasteiger partial charge in [0, 0.05) is 31.4 Å². The van der Waals surface area contributed by atoms with Gasteiger partial charge in [-0.3, -0.25) is 4.90 Å². The molecule has 2 heterocycles. The third kappa shape index (κ3) is 3.15. The standard InChI is InChI=1S/C17H27N3/c1-19(2)16-6-4-10-20(13-16)12-14-7-8-17-15(11-14)5-3-9-18-17/h7-8,11,16,18H,3-6,9-10,12-13H2,1-2H3. The third-order valence-electron chi connectivity index (χ3n) is 4.73. The van der Waals surface area contributed by atoms with Crippen molar-refractivity contribution >= 4 is 5.69 Å². The Morgan fingerprint density at radius 3 is 3.05 bits per heavy atom. The fraction of sp³-hybridized carbons (Fsp3) is 0.647. The number of likely N-dealkylation sites (N-methyl/N-ethyl adjacent to an activating group) is 1. The predicted molar refractivity (Wildman–Crippen MR) is 85.2 cm³/mol. The predicted octanol–water partition coefficient (Wildman–Crippen LogP) is 2.57. The van der Waals surface area contributed by atoms with Crippen LogP contribution in [0.1, 0.15) is 30.4 Å². The summed E-state index contributed by atoms with van der Waals surface area (Å²) in [7, 11) is 4.41. The lowest BCUT2D eigenvalue weighted by molar-refractivity contribution is 0.128. The van der Waals surface area contributed by atoms with Crippen LogP contribution < -0.4 is 5.32 Å². The van der Waals surface area contributed by atoms with Gasteiger partial charge in [0.2, 0.25) is 0 Å². The first-order valence-electron chi connectivity index (χ1n) is 7.97. The van der Waals surface area contributed by atoms with Crippen LogP contribution in [0.15, 0.2) is 18.2 Å². The molecule has 0 bridgehead atoms. The summed E-state index contributed by atoms with van der Waals surface area (Å²) >= 11 is 0. The Morgan fingerprint density at radius 2 is 2.20 bits per heavy atom.